The van der Waals surface area contributed by atoms with Crippen LogP contribution < -0.4 is 10.6 Å². The Morgan fingerprint density at radius 2 is 1.72 bits per heavy atom. The first-order chi connectivity index (χ1) is 16.9. The third-order valence-corrected chi connectivity index (χ3v) is 6.24. The summed E-state index contributed by atoms with van der Waals surface area (Å²) in [6.45, 7) is 5.12. The Labute approximate surface area is 212 Å². The number of carbonyl (C=O) groups excluding carboxylic acids is 1. The highest BCUT2D eigenvalue weighted by Crippen LogP contribution is 2.36. The van der Waals surface area contributed by atoms with Gasteiger partial charge < -0.3 is 15.7 Å². The lowest BCUT2D eigenvalue weighted by Crippen LogP contribution is -2.39. The summed E-state index contributed by atoms with van der Waals surface area (Å²) in [6, 6.07) is 14.8. The molecule has 0 radical (unpaired) electrons. The molecule has 3 rings (SSSR count). The third-order valence-electron chi connectivity index (χ3n) is 5.82. The monoisotopic (exact) mass is 518 g/mol. The molecule has 2 unspecified atom stereocenters. The Bertz CT molecular complexity index is 1280. The molecule has 1 amide bonds. The van der Waals surface area contributed by atoms with Crippen molar-refractivity contribution in [3.05, 3.63) is 87.9 Å². The van der Waals surface area contributed by atoms with Crippen molar-refractivity contribution in [2.75, 3.05) is 5.32 Å². The minimum absolute atomic E-state index is 0.0377. The molecular weight excluding hydrogens is 493 g/mol. The predicted molar refractivity (Wildman–Crippen MR) is 134 cm³/mol. The number of hydrogen-bond donors (Lipinski definition) is 3. The molecule has 0 aliphatic carbocycles. The van der Waals surface area contributed by atoms with Gasteiger partial charge in [0.2, 0.25) is 0 Å². The fourth-order valence-electron chi connectivity index (χ4n) is 3.79. The van der Waals surface area contributed by atoms with Crippen molar-refractivity contribution in [1.29, 1.82) is 0 Å². The Hall–Kier alpha value is -3.52. The molecule has 36 heavy (non-hydrogen) atoms. The fourth-order valence-corrected chi connectivity index (χ4v) is 3.91. The van der Waals surface area contributed by atoms with E-state index in [1.807, 2.05) is 38.1 Å². The van der Waals surface area contributed by atoms with Gasteiger partial charge in [-0.05, 0) is 72.9 Å². The number of aliphatic carboxylic acids is 1. The molecule has 3 N–H and O–H groups in total. The molecule has 5 nitrogen and oxygen atoms in total. The molecule has 0 spiro atoms. The van der Waals surface area contributed by atoms with Crippen LogP contribution in [0.25, 0.3) is 11.1 Å². The van der Waals surface area contributed by atoms with Gasteiger partial charge in [-0.1, -0.05) is 48.9 Å². The lowest BCUT2D eigenvalue weighted by atomic mass is 9.97. The van der Waals surface area contributed by atoms with Gasteiger partial charge in [0.25, 0.3) is 5.91 Å². The number of aryl methyl sites for hydroxylation is 1. The number of halogens is 4. The number of benzene rings is 3. The van der Waals surface area contributed by atoms with Gasteiger partial charge in [-0.15, -0.1) is 0 Å². The van der Waals surface area contributed by atoms with Gasteiger partial charge in [-0.3, -0.25) is 9.59 Å². The summed E-state index contributed by atoms with van der Waals surface area (Å²) in [4.78, 5) is 23.4. The number of carboxylic acids is 1. The summed E-state index contributed by atoms with van der Waals surface area (Å²) >= 11 is 6.14. The third kappa shape index (κ3) is 6.37. The first kappa shape index (κ1) is 27.1. The molecule has 190 valence electrons. The van der Waals surface area contributed by atoms with Crippen molar-refractivity contribution in [3.63, 3.8) is 0 Å². The highest BCUT2D eigenvalue weighted by molar-refractivity contribution is 6.31. The molecule has 0 aliphatic heterocycles. The molecule has 0 heterocycles. The van der Waals surface area contributed by atoms with E-state index in [0.29, 0.717) is 10.6 Å². The van der Waals surface area contributed by atoms with E-state index in [9.17, 15) is 22.8 Å². The van der Waals surface area contributed by atoms with Crippen LogP contribution in [-0.2, 0) is 11.0 Å². The molecular formula is C27H26ClF3N2O3. The van der Waals surface area contributed by atoms with E-state index < -0.39 is 35.2 Å². The van der Waals surface area contributed by atoms with Gasteiger partial charge in [-0.2, -0.15) is 13.2 Å². The molecule has 0 saturated carbocycles. The van der Waals surface area contributed by atoms with E-state index >= 15 is 0 Å². The minimum atomic E-state index is -4.81. The molecule has 0 aromatic heterocycles. The van der Waals surface area contributed by atoms with Crippen LogP contribution in [0.5, 0.6) is 0 Å². The summed E-state index contributed by atoms with van der Waals surface area (Å²) in [6.07, 6.45) is -4.05. The van der Waals surface area contributed by atoms with E-state index in [0.717, 1.165) is 35.4 Å². The van der Waals surface area contributed by atoms with Crippen molar-refractivity contribution in [1.82, 2.24) is 5.32 Å². The topological polar surface area (TPSA) is 78.4 Å². The van der Waals surface area contributed by atoms with Crippen molar-refractivity contribution >= 4 is 29.2 Å². The number of nitrogens with one attached hydrogen (secondary N) is 2. The fraction of sp³-hybridized carbons (Fsp3) is 0.259. The van der Waals surface area contributed by atoms with Gasteiger partial charge in [0.05, 0.1) is 17.2 Å². The molecule has 9 heteroatoms. The zero-order valence-corrected chi connectivity index (χ0v) is 20.7. The van der Waals surface area contributed by atoms with Gasteiger partial charge in [0.1, 0.15) is 6.04 Å². The number of anilines is 1. The summed E-state index contributed by atoms with van der Waals surface area (Å²) < 4.78 is 41.5. The number of amides is 1. The summed E-state index contributed by atoms with van der Waals surface area (Å²) in [5.74, 6) is -2.46. The van der Waals surface area contributed by atoms with Gasteiger partial charge in [0, 0.05) is 10.7 Å². The van der Waals surface area contributed by atoms with E-state index in [4.69, 9.17) is 16.7 Å². The standard InChI is InChI=1S/C27H26ClF3N2O3/c1-4-24(19-9-11-23(28)15(2)12-19)33-20-7-5-6-17(13-20)18-8-10-21(22(14-18)27(29,30)31)25(34)32-16(3)26(35)36/h5-14,16,24,33H,4H2,1-3H3,(H,32,34)(H,35,36). The lowest BCUT2D eigenvalue weighted by molar-refractivity contribution is -0.138. The van der Waals surface area contributed by atoms with Gasteiger partial charge in [-0.25, -0.2) is 0 Å². The van der Waals surface area contributed by atoms with Crippen molar-refractivity contribution in [3.8, 4) is 11.1 Å². The SMILES string of the molecule is CCC(Nc1cccc(-c2ccc(C(=O)NC(C)C(=O)O)c(C(F)(F)F)c2)c1)c1ccc(Cl)c(C)c1. The Morgan fingerprint density at radius 1 is 1.03 bits per heavy atom. The Balaban J connectivity index is 1.93. The zero-order chi connectivity index (χ0) is 26.6. The largest absolute Gasteiger partial charge is 0.480 e. The second kappa shape index (κ2) is 11.0. The van der Waals surface area contributed by atoms with Crippen LogP contribution in [0.3, 0.4) is 0 Å². The Kier molecular flexibility index (Phi) is 8.30. The first-order valence-corrected chi connectivity index (χ1v) is 11.7. The number of rotatable bonds is 8. The molecule has 0 fully saturated rings. The maximum absolute atomic E-state index is 13.8. The molecule has 0 aliphatic rings. The predicted octanol–water partition coefficient (Wildman–Crippen LogP) is 7.10. The van der Waals surface area contributed by atoms with Crippen LogP contribution in [-0.4, -0.2) is 23.0 Å². The maximum atomic E-state index is 13.8. The van der Waals surface area contributed by atoms with E-state index in [-0.39, 0.29) is 11.6 Å². The highest BCUT2D eigenvalue weighted by atomic mass is 35.5. The van der Waals surface area contributed by atoms with Crippen molar-refractivity contribution in [2.45, 2.75) is 45.5 Å². The van der Waals surface area contributed by atoms with E-state index in [1.165, 1.54) is 13.0 Å². The van der Waals surface area contributed by atoms with Crippen LogP contribution in [0, 0.1) is 6.92 Å². The van der Waals surface area contributed by atoms with Crippen LogP contribution in [0.2, 0.25) is 5.02 Å². The van der Waals surface area contributed by atoms with Crippen LogP contribution >= 0.6 is 11.6 Å². The lowest BCUT2D eigenvalue weighted by Gasteiger charge is -2.20. The summed E-state index contributed by atoms with van der Waals surface area (Å²) in [5.41, 5.74) is 1.72. The summed E-state index contributed by atoms with van der Waals surface area (Å²) in [7, 11) is 0. The second-order valence-electron chi connectivity index (χ2n) is 8.49. The van der Waals surface area contributed by atoms with Crippen LogP contribution in [0.15, 0.2) is 60.7 Å². The summed E-state index contributed by atoms with van der Waals surface area (Å²) in [5, 5.41) is 15.1. The number of alkyl halides is 3. The van der Waals surface area contributed by atoms with E-state index in [2.05, 4.69) is 10.6 Å². The quantitative estimate of drug-likeness (QED) is 0.297. The van der Waals surface area contributed by atoms with E-state index in [1.54, 1.807) is 18.2 Å². The number of carbonyl (C=O) groups is 2. The number of hydrogen-bond acceptors (Lipinski definition) is 3. The molecule has 3 aromatic rings. The van der Waals surface area contributed by atoms with Gasteiger partial charge in [0.15, 0.2) is 0 Å². The Morgan fingerprint density at radius 3 is 2.33 bits per heavy atom. The molecule has 2 atom stereocenters. The zero-order valence-electron chi connectivity index (χ0n) is 19.9. The second-order valence-corrected chi connectivity index (χ2v) is 8.89. The molecule has 3 aromatic carbocycles. The average molecular weight is 519 g/mol. The maximum Gasteiger partial charge on any atom is 0.417 e. The van der Waals surface area contributed by atoms with Crippen LogP contribution in [0.4, 0.5) is 18.9 Å². The smallest absolute Gasteiger partial charge is 0.417 e. The molecule has 0 saturated heterocycles. The minimum Gasteiger partial charge on any atom is -0.480 e. The first-order valence-electron chi connectivity index (χ1n) is 11.3. The van der Waals surface area contributed by atoms with Crippen molar-refractivity contribution in [2.24, 2.45) is 0 Å². The highest BCUT2D eigenvalue weighted by Gasteiger charge is 2.36. The van der Waals surface area contributed by atoms with Crippen molar-refractivity contribution < 1.29 is 27.9 Å². The van der Waals surface area contributed by atoms with Crippen LogP contribution in [0.1, 0.15) is 53.4 Å². The average Bonchev–Trinajstić information content (AvgIpc) is 2.83. The van der Waals surface area contributed by atoms with Gasteiger partial charge >= 0.3 is 12.1 Å². The number of carboxylic acid groups (broad SMARTS) is 1. The normalized spacial score (nSPS) is 13.1. The molecule has 0 bridgehead atoms.